The first-order chi connectivity index (χ1) is 9.15. The summed E-state index contributed by atoms with van der Waals surface area (Å²) in [5.41, 5.74) is 3.61. The lowest BCUT2D eigenvalue weighted by molar-refractivity contribution is 0.0955. The summed E-state index contributed by atoms with van der Waals surface area (Å²) in [7, 11) is 0. The van der Waals surface area contributed by atoms with Crippen LogP contribution in [0.2, 0.25) is 0 Å². The van der Waals surface area contributed by atoms with E-state index in [2.05, 4.69) is 26.5 Å². The lowest BCUT2D eigenvalue weighted by Gasteiger charge is -2.00. The molecule has 0 bridgehead atoms. The van der Waals surface area contributed by atoms with Crippen LogP contribution < -0.4 is 5.43 Å². The second kappa shape index (κ2) is 6.24. The highest BCUT2D eigenvalue weighted by atomic mass is 79.9. The average Bonchev–Trinajstić information content (AvgIpc) is 2.41. The summed E-state index contributed by atoms with van der Waals surface area (Å²) in [4.78, 5) is 11.7. The molecule has 96 valence electrons. The van der Waals surface area contributed by atoms with E-state index in [1.807, 2.05) is 6.07 Å². The van der Waals surface area contributed by atoms with E-state index in [1.54, 1.807) is 30.3 Å². The van der Waals surface area contributed by atoms with E-state index in [-0.39, 0.29) is 11.7 Å². The van der Waals surface area contributed by atoms with Crippen LogP contribution in [0.15, 0.2) is 58.1 Å². The third kappa shape index (κ3) is 3.99. The van der Waals surface area contributed by atoms with Gasteiger partial charge in [0.1, 0.15) is 5.82 Å². The van der Waals surface area contributed by atoms with Crippen LogP contribution in [-0.2, 0) is 0 Å². The van der Waals surface area contributed by atoms with Crippen molar-refractivity contribution in [2.75, 3.05) is 0 Å². The Hall–Kier alpha value is -2.01. The van der Waals surface area contributed by atoms with Gasteiger partial charge < -0.3 is 0 Å². The van der Waals surface area contributed by atoms with E-state index in [0.29, 0.717) is 11.1 Å². The first-order valence-electron chi connectivity index (χ1n) is 5.50. The van der Waals surface area contributed by atoms with Crippen LogP contribution in [-0.4, -0.2) is 12.1 Å². The molecule has 0 saturated carbocycles. The van der Waals surface area contributed by atoms with Gasteiger partial charge in [-0.1, -0.05) is 34.1 Å². The third-order valence-electron chi connectivity index (χ3n) is 2.34. The van der Waals surface area contributed by atoms with Gasteiger partial charge >= 0.3 is 0 Å². The molecule has 0 atom stereocenters. The number of carbonyl (C=O) groups excluding carboxylic acids is 1. The van der Waals surface area contributed by atoms with Gasteiger partial charge in [0.25, 0.3) is 5.91 Å². The number of benzene rings is 2. The van der Waals surface area contributed by atoms with E-state index in [9.17, 15) is 9.18 Å². The predicted octanol–water partition coefficient (Wildman–Crippen LogP) is 3.35. The van der Waals surface area contributed by atoms with Crippen molar-refractivity contribution in [1.29, 1.82) is 0 Å². The molecule has 0 saturated heterocycles. The van der Waals surface area contributed by atoms with Crippen LogP contribution in [0.4, 0.5) is 4.39 Å². The molecular weight excluding hydrogens is 311 g/mol. The third-order valence-corrected chi connectivity index (χ3v) is 2.83. The zero-order chi connectivity index (χ0) is 13.7. The zero-order valence-electron chi connectivity index (χ0n) is 9.81. The molecule has 0 aromatic heterocycles. The number of hydrazone groups is 1. The van der Waals surface area contributed by atoms with Crippen molar-refractivity contribution in [2.24, 2.45) is 5.10 Å². The summed E-state index contributed by atoms with van der Waals surface area (Å²) in [5.74, 6) is -0.616. The van der Waals surface area contributed by atoms with Gasteiger partial charge in [0.15, 0.2) is 0 Å². The van der Waals surface area contributed by atoms with Gasteiger partial charge in [-0.2, -0.15) is 5.10 Å². The number of carbonyl (C=O) groups is 1. The molecule has 0 fully saturated rings. The summed E-state index contributed by atoms with van der Waals surface area (Å²) >= 11 is 3.29. The predicted molar refractivity (Wildman–Crippen MR) is 75.6 cm³/mol. The number of amides is 1. The molecule has 0 unspecified atom stereocenters. The normalized spacial score (nSPS) is 10.6. The van der Waals surface area contributed by atoms with Crippen LogP contribution >= 0.6 is 15.9 Å². The van der Waals surface area contributed by atoms with Crippen LogP contribution in [0.5, 0.6) is 0 Å². The van der Waals surface area contributed by atoms with Crippen molar-refractivity contribution in [3.8, 4) is 0 Å². The summed E-state index contributed by atoms with van der Waals surface area (Å²) in [6.07, 6.45) is 1.45. The van der Waals surface area contributed by atoms with Gasteiger partial charge in [0, 0.05) is 10.0 Å². The van der Waals surface area contributed by atoms with Crippen molar-refractivity contribution in [3.05, 3.63) is 69.9 Å². The molecule has 0 aliphatic heterocycles. The molecule has 2 aromatic rings. The van der Waals surface area contributed by atoms with E-state index in [4.69, 9.17) is 0 Å². The van der Waals surface area contributed by atoms with E-state index in [0.717, 1.165) is 4.47 Å². The number of hydrogen-bond donors (Lipinski definition) is 1. The molecule has 2 rings (SSSR count). The summed E-state index contributed by atoms with van der Waals surface area (Å²) in [6, 6.07) is 12.8. The summed E-state index contributed by atoms with van der Waals surface area (Å²) in [5, 5.41) is 3.81. The maximum atomic E-state index is 12.7. The van der Waals surface area contributed by atoms with Crippen LogP contribution in [0.25, 0.3) is 0 Å². The van der Waals surface area contributed by atoms with Crippen LogP contribution in [0.3, 0.4) is 0 Å². The fourth-order valence-corrected chi connectivity index (χ4v) is 1.81. The van der Waals surface area contributed by atoms with Gasteiger partial charge in [0.2, 0.25) is 0 Å². The molecule has 1 amide bonds. The number of nitrogens with one attached hydrogen (secondary N) is 1. The molecule has 0 spiro atoms. The van der Waals surface area contributed by atoms with E-state index >= 15 is 0 Å². The van der Waals surface area contributed by atoms with Gasteiger partial charge in [-0.05, 0) is 35.9 Å². The average molecular weight is 321 g/mol. The Labute approximate surface area is 118 Å². The largest absolute Gasteiger partial charge is 0.271 e. The first-order valence-corrected chi connectivity index (χ1v) is 6.29. The monoisotopic (exact) mass is 320 g/mol. The summed E-state index contributed by atoms with van der Waals surface area (Å²) in [6.45, 7) is 0. The number of halogens is 2. The quantitative estimate of drug-likeness (QED) is 0.684. The Morgan fingerprint density at radius 3 is 2.63 bits per heavy atom. The maximum absolute atomic E-state index is 12.7. The Morgan fingerprint density at radius 2 is 1.95 bits per heavy atom. The topological polar surface area (TPSA) is 41.5 Å². The lowest BCUT2D eigenvalue weighted by atomic mass is 10.2. The number of rotatable bonds is 3. The smallest absolute Gasteiger partial charge is 0.267 e. The minimum atomic E-state index is -0.310. The summed E-state index contributed by atoms with van der Waals surface area (Å²) < 4.78 is 13.5. The van der Waals surface area contributed by atoms with Gasteiger partial charge in [-0.25, -0.2) is 9.82 Å². The van der Waals surface area contributed by atoms with Crippen molar-refractivity contribution < 1.29 is 9.18 Å². The molecule has 0 aliphatic carbocycles. The van der Waals surface area contributed by atoms with Crippen LogP contribution in [0, 0.1) is 5.82 Å². The molecule has 0 radical (unpaired) electrons. The fraction of sp³-hybridized carbons (Fsp3) is 0. The minimum absolute atomic E-state index is 0.306. The molecule has 2 aromatic carbocycles. The van der Waals surface area contributed by atoms with Crippen LogP contribution in [0.1, 0.15) is 15.9 Å². The standard InChI is InChI=1S/C14H10BrFN2O/c15-12-3-1-2-11(8-12)14(19)18-17-9-10-4-6-13(16)7-5-10/h1-9H,(H,18,19). The van der Waals surface area contributed by atoms with Crippen molar-refractivity contribution in [3.63, 3.8) is 0 Å². The van der Waals surface area contributed by atoms with E-state index in [1.165, 1.54) is 18.3 Å². The first kappa shape index (κ1) is 13.4. The fourth-order valence-electron chi connectivity index (χ4n) is 1.41. The Kier molecular flexibility index (Phi) is 4.41. The Bertz CT molecular complexity index is 611. The molecular formula is C14H10BrFN2O. The second-order valence-electron chi connectivity index (χ2n) is 3.76. The van der Waals surface area contributed by atoms with Crippen molar-refractivity contribution in [2.45, 2.75) is 0 Å². The lowest BCUT2D eigenvalue weighted by Crippen LogP contribution is -2.17. The van der Waals surface area contributed by atoms with Gasteiger partial charge in [-0.15, -0.1) is 0 Å². The van der Waals surface area contributed by atoms with E-state index < -0.39 is 0 Å². The molecule has 0 aliphatic rings. The Morgan fingerprint density at radius 1 is 1.21 bits per heavy atom. The molecule has 3 nitrogen and oxygen atoms in total. The van der Waals surface area contributed by atoms with Gasteiger partial charge in [-0.3, -0.25) is 4.79 Å². The molecule has 1 N–H and O–H groups in total. The minimum Gasteiger partial charge on any atom is -0.267 e. The molecule has 19 heavy (non-hydrogen) atoms. The zero-order valence-corrected chi connectivity index (χ0v) is 11.4. The highest BCUT2D eigenvalue weighted by Gasteiger charge is 2.03. The van der Waals surface area contributed by atoms with Gasteiger partial charge in [0.05, 0.1) is 6.21 Å². The highest BCUT2D eigenvalue weighted by molar-refractivity contribution is 9.10. The maximum Gasteiger partial charge on any atom is 0.271 e. The molecule has 5 heteroatoms. The number of hydrogen-bond acceptors (Lipinski definition) is 2. The number of nitrogens with zero attached hydrogens (tertiary/aromatic N) is 1. The van der Waals surface area contributed by atoms with Crippen molar-refractivity contribution >= 4 is 28.1 Å². The Balaban J connectivity index is 1.98. The highest BCUT2D eigenvalue weighted by Crippen LogP contribution is 2.11. The molecule has 0 heterocycles. The van der Waals surface area contributed by atoms with Crippen molar-refractivity contribution in [1.82, 2.24) is 5.43 Å². The SMILES string of the molecule is O=C(NN=Cc1ccc(F)cc1)c1cccc(Br)c1. The second-order valence-corrected chi connectivity index (χ2v) is 4.68.